The lowest BCUT2D eigenvalue weighted by Gasteiger charge is -2.54. The number of aromatic nitrogens is 2. The maximum absolute atomic E-state index is 12.2. The van der Waals surface area contributed by atoms with E-state index >= 15 is 0 Å². The van der Waals surface area contributed by atoms with E-state index in [-0.39, 0.29) is 5.97 Å². The molecule has 0 amide bonds. The first-order valence-electron chi connectivity index (χ1n) is 11.5. The minimum Gasteiger partial charge on any atom is -0.462 e. The molecule has 4 aliphatic carbocycles. The van der Waals surface area contributed by atoms with Gasteiger partial charge in [0.1, 0.15) is 6.33 Å². The molecular weight excluding hydrogens is 388 g/mol. The summed E-state index contributed by atoms with van der Waals surface area (Å²) in [7, 11) is 0. The first kappa shape index (κ1) is 20.2. The zero-order valence-electron chi connectivity index (χ0n) is 18.0. The molecule has 0 unspecified atom stereocenters. The summed E-state index contributed by atoms with van der Waals surface area (Å²) in [6.45, 7) is 3.14. The van der Waals surface area contributed by atoms with Gasteiger partial charge >= 0.3 is 5.97 Å². The summed E-state index contributed by atoms with van der Waals surface area (Å²) in [4.78, 5) is 25.0. The molecule has 0 radical (unpaired) electrons. The van der Waals surface area contributed by atoms with Crippen LogP contribution in [0.25, 0.3) is 0 Å². The molecule has 4 saturated carbocycles. The van der Waals surface area contributed by atoms with Gasteiger partial charge in [0, 0.05) is 30.7 Å². The Morgan fingerprint density at radius 3 is 2.52 bits per heavy atom. The average molecular weight is 419 g/mol. The van der Waals surface area contributed by atoms with Crippen molar-refractivity contribution in [1.29, 1.82) is 0 Å². The van der Waals surface area contributed by atoms with E-state index in [0.29, 0.717) is 12.2 Å². The largest absolute Gasteiger partial charge is 0.462 e. The van der Waals surface area contributed by atoms with E-state index in [1.54, 1.807) is 24.7 Å². The smallest absolute Gasteiger partial charge is 0.338 e. The molecular formula is C25H30N4O2. The number of ether oxygens (including phenoxy) is 1. The number of carbonyl (C=O) groups excluding carboxylic acids is 1. The second kappa shape index (κ2) is 8.77. The van der Waals surface area contributed by atoms with Crippen LogP contribution in [0.3, 0.4) is 0 Å². The quantitative estimate of drug-likeness (QED) is 0.512. The fourth-order valence-corrected chi connectivity index (χ4v) is 6.25. The molecule has 0 atom stereocenters. The lowest BCUT2D eigenvalue weighted by atomic mass is 9.52. The number of rotatable bonds is 7. The number of aliphatic imine (C=N–C) groups is 1. The minimum absolute atomic E-state index is 0.324. The van der Waals surface area contributed by atoms with Gasteiger partial charge in [-0.1, -0.05) is 0 Å². The lowest BCUT2D eigenvalue weighted by molar-refractivity contribution is -0.0305. The Kier molecular flexibility index (Phi) is 5.70. The third-order valence-corrected chi connectivity index (χ3v) is 7.39. The highest BCUT2D eigenvalue weighted by molar-refractivity contribution is 5.93. The molecule has 1 aromatic heterocycles. The number of esters is 1. The second-order valence-corrected chi connectivity index (χ2v) is 9.36. The molecule has 31 heavy (non-hydrogen) atoms. The summed E-state index contributed by atoms with van der Waals surface area (Å²) in [5.74, 6) is 4.13. The van der Waals surface area contributed by atoms with Crippen LogP contribution in [0.2, 0.25) is 0 Å². The number of anilines is 1. The second-order valence-electron chi connectivity index (χ2n) is 9.36. The molecule has 0 spiro atoms. The molecule has 2 aromatic rings. The predicted octanol–water partition coefficient (Wildman–Crippen LogP) is 4.89. The molecule has 6 heteroatoms. The molecule has 6 nitrogen and oxygen atoms in total. The number of nitrogens with zero attached hydrogens (tertiary/aromatic N) is 3. The van der Waals surface area contributed by atoms with Gasteiger partial charge in [0.2, 0.25) is 0 Å². The zero-order chi connectivity index (χ0) is 21.2. The zero-order valence-corrected chi connectivity index (χ0v) is 18.0. The van der Waals surface area contributed by atoms with Crippen LogP contribution in [-0.2, 0) is 4.74 Å². The number of carbonyl (C=O) groups is 1. The van der Waals surface area contributed by atoms with E-state index in [1.807, 2.05) is 19.1 Å². The van der Waals surface area contributed by atoms with Crippen molar-refractivity contribution >= 4 is 23.6 Å². The SMILES string of the molecule is CCOC(=O)c1ccc(NCC2C3CC4CC(C3)CC2C4)c(/N=C\c2cncnc2)c1. The molecule has 6 rings (SSSR count). The molecule has 0 aliphatic heterocycles. The Morgan fingerprint density at radius 1 is 1.13 bits per heavy atom. The van der Waals surface area contributed by atoms with Crippen LogP contribution in [0, 0.1) is 29.6 Å². The summed E-state index contributed by atoms with van der Waals surface area (Å²) in [6, 6.07) is 5.58. The predicted molar refractivity (Wildman–Crippen MR) is 121 cm³/mol. The molecule has 0 saturated heterocycles. The van der Waals surface area contributed by atoms with Gasteiger partial charge in [0.25, 0.3) is 0 Å². The standard InChI is InChI=1S/C25H30N4O2/c1-2-31-25(30)19-3-4-23(24(10-19)28-13-18-11-26-15-27-12-18)29-14-22-20-6-16-5-17(8-20)9-21(22)7-16/h3-4,10-13,15-17,20-22,29H,2,5-9,14H2,1H3/b28-13-. The molecule has 1 heterocycles. The molecule has 4 fully saturated rings. The van der Waals surface area contributed by atoms with Crippen molar-refractivity contribution in [2.75, 3.05) is 18.5 Å². The topological polar surface area (TPSA) is 76.5 Å². The van der Waals surface area contributed by atoms with Crippen LogP contribution in [0.1, 0.15) is 54.9 Å². The van der Waals surface area contributed by atoms with Crippen molar-refractivity contribution in [3.8, 4) is 0 Å². The normalized spacial score (nSPS) is 28.7. The number of hydrogen-bond donors (Lipinski definition) is 1. The van der Waals surface area contributed by atoms with Gasteiger partial charge in [-0.25, -0.2) is 14.8 Å². The third kappa shape index (κ3) is 4.34. The highest BCUT2D eigenvalue weighted by atomic mass is 16.5. The van der Waals surface area contributed by atoms with Crippen molar-refractivity contribution in [2.45, 2.75) is 39.0 Å². The molecule has 162 valence electrons. The first-order chi connectivity index (χ1) is 15.2. The van der Waals surface area contributed by atoms with Crippen molar-refractivity contribution in [2.24, 2.45) is 34.6 Å². The monoisotopic (exact) mass is 418 g/mol. The number of nitrogens with one attached hydrogen (secondary N) is 1. The fraction of sp³-hybridized carbons (Fsp3) is 0.520. The molecule has 4 bridgehead atoms. The number of benzene rings is 1. The average Bonchev–Trinajstić information content (AvgIpc) is 2.78. The maximum atomic E-state index is 12.2. The fourth-order valence-electron chi connectivity index (χ4n) is 6.25. The Labute approximate surface area is 183 Å². The molecule has 1 N–H and O–H groups in total. The minimum atomic E-state index is -0.324. The van der Waals surface area contributed by atoms with Gasteiger partial charge in [-0.15, -0.1) is 0 Å². The first-order valence-corrected chi connectivity index (χ1v) is 11.5. The van der Waals surface area contributed by atoms with Gasteiger partial charge in [-0.2, -0.15) is 0 Å². The van der Waals surface area contributed by atoms with Crippen molar-refractivity contribution < 1.29 is 9.53 Å². The highest BCUT2D eigenvalue weighted by Gasteiger charge is 2.47. The van der Waals surface area contributed by atoms with E-state index in [4.69, 9.17) is 4.74 Å². The van der Waals surface area contributed by atoms with E-state index in [2.05, 4.69) is 20.3 Å². The molecule has 4 aliphatic rings. The maximum Gasteiger partial charge on any atom is 0.338 e. The van der Waals surface area contributed by atoms with Crippen LogP contribution >= 0.6 is 0 Å². The lowest BCUT2D eigenvalue weighted by Crippen LogP contribution is -2.47. The number of hydrogen-bond acceptors (Lipinski definition) is 6. The summed E-state index contributed by atoms with van der Waals surface area (Å²) >= 11 is 0. The Bertz CT molecular complexity index is 931. The van der Waals surface area contributed by atoms with E-state index < -0.39 is 0 Å². The van der Waals surface area contributed by atoms with Crippen molar-refractivity contribution in [3.63, 3.8) is 0 Å². The van der Waals surface area contributed by atoms with Crippen LogP contribution in [0.15, 0.2) is 41.9 Å². The summed E-state index contributed by atoms with van der Waals surface area (Å²) in [5.41, 5.74) is 3.02. The van der Waals surface area contributed by atoms with E-state index in [1.165, 1.54) is 38.4 Å². The van der Waals surface area contributed by atoms with Crippen LogP contribution in [0.4, 0.5) is 11.4 Å². The Morgan fingerprint density at radius 2 is 1.84 bits per heavy atom. The van der Waals surface area contributed by atoms with Gasteiger partial charge in [-0.3, -0.25) is 4.99 Å². The van der Waals surface area contributed by atoms with Gasteiger partial charge in [0.15, 0.2) is 0 Å². The van der Waals surface area contributed by atoms with Crippen LogP contribution in [0.5, 0.6) is 0 Å². The Balaban J connectivity index is 1.35. The third-order valence-electron chi connectivity index (χ3n) is 7.39. The summed E-state index contributed by atoms with van der Waals surface area (Å²) in [6.07, 6.45) is 13.8. The Hall–Kier alpha value is -2.76. The highest BCUT2D eigenvalue weighted by Crippen LogP contribution is 2.56. The summed E-state index contributed by atoms with van der Waals surface area (Å²) in [5, 5.41) is 3.68. The van der Waals surface area contributed by atoms with Gasteiger partial charge in [0.05, 0.1) is 23.5 Å². The van der Waals surface area contributed by atoms with Gasteiger partial charge < -0.3 is 10.1 Å². The van der Waals surface area contributed by atoms with E-state index in [0.717, 1.165) is 53.1 Å². The van der Waals surface area contributed by atoms with Crippen molar-refractivity contribution in [1.82, 2.24) is 9.97 Å². The van der Waals surface area contributed by atoms with Crippen molar-refractivity contribution in [3.05, 3.63) is 48.0 Å². The van der Waals surface area contributed by atoms with E-state index in [9.17, 15) is 4.79 Å². The molecule has 1 aromatic carbocycles. The summed E-state index contributed by atoms with van der Waals surface area (Å²) < 4.78 is 5.17. The van der Waals surface area contributed by atoms with Crippen LogP contribution < -0.4 is 5.32 Å². The van der Waals surface area contributed by atoms with Gasteiger partial charge in [-0.05, 0) is 86.8 Å². The van der Waals surface area contributed by atoms with Crippen LogP contribution in [-0.4, -0.2) is 35.3 Å².